The van der Waals surface area contributed by atoms with E-state index < -0.39 is 0 Å². The number of hydrogen-bond acceptors (Lipinski definition) is 4. The standard InChI is InChI=1S/C7H12N4O2/c1-5(12)9-7-6(4-8-2)11(3)10-13-7/h8H,4H2,1-3H3/p+1. The zero-order chi connectivity index (χ0) is 9.84. The van der Waals surface area contributed by atoms with Crippen LogP contribution in [0.25, 0.3) is 0 Å². The molecule has 0 aliphatic heterocycles. The van der Waals surface area contributed by atoms with E-state index in [1.807, 2.05) is 7.05 Å². The zero-order valence-electron chi connectivity index (χ0n) is 7.92. The molecule has 2 N–H and O–H groups in total. The Morgan fingerprint density at radius 3 is 2.92 bits per heavy atom. The number of anilines is 1. The minimum Gasteiger partial charge on any atom is -0.310 e. The van der Waals surface area contributed by atoms with E-state index in [1.54, 1.807) is 11.7 Å². The first-order valence-electron chi connectivity index (χ1n) is 3.92. The molecule has 0 atom stereocenters. The number of aryl methyl sites for hydroxylation is 1. The van der Waals surface area contributed by atoms with Gasteiger partial charge in [-0.25, -0.2) is 0 Å². The summed E-state index contributed by atoms with van der Waals surface area (Å²) in [5, 5.41) is 9.18. The third-order valence-electron chi connectivity index (χ3n) is 1.54. The van der Waals surface area contributed by atoms with Gasteiger partial charge in [0.25, 0.3) is 5.69 Å². The van der Waals surface area contributed by atoms with Gasteiger partial charge in [-0.1, -0.05) is 0 Å². The van der Waals surface area contributed by atoms with Gasteiger partial charge >= 0.3 is 5.88 Å². The van der Waals surface area contributed by atoms with Crippen LogP contribution < -0.4 is 15.3 Å². The average molecular weight is 185 g/mol. The molecule has 0 spiro atoms. The third-order valence-corrected chi connectivity index (χ3v) is 1.54. The SMILES string of the molecule is CNCc1c(NC(C)=O)on[n+]1C. The molecule has 0 aliphatic rings. The molecule has 1 heterocycles. The van der Waals surface area contributed by atoms with Crippen molar-refractivity contribution in [2.24, 2.45) is 7.05 Å². The number of rotatable bonds is 3. The van der Waals surface area contributed by atoms with Crippen LogP contribution in [0, 0.1) is 0 Å². The lowest BCUT2D eigenvalue weighted by molar-refractivity contribution is -0.746. The van der Waals surface area contributed by atoms with E-state index in [0.29, 0.717) is 12.4 Å². The van der Waals surface area contributed by atoms with Gasteiger partial charge in [0.15, 0.2) is 7.05 Å². The van der Waals surface area contributed by atoms with Gasteiger partial charge < -0.3 is 5.32 Å². The van der Waals surface area contributed by atoms with E-state index in [0.717, 1.165) is 5.69 Å². The topological polar surface area (TPSA) is 71.0 Å². The molecule has 6 nitrogen and oxygen atoms in total. The highest BCUT2D eigenvalue weighted by molar-refractivity contribution is 5.87. The highest BCUT2D eigenvalue weighted by Gasteiger charge is 2.20. The van der Waals surface area contributed by atoms with E-state index in [2.05, 4.69) is 15.9 Å². The normalized spacial score (nSPS) is 10.1. The summed E-state index contributed by atoms with van der Waals surface area (Å²) in [7, 11) is 3.56. The Labute approximate surface area is 75.9 Å². The predicted molar refractivity (Wildman–Crippen MR) is 44.7 cm³/mol. The summed E-state index contributed by atoms with van der Waals surface area (Å²) in [5.41, 5.74) is 0.803. The lowest BCUT2D eigenvalue weighted by Crippen LogP contribution is -2.36. The molecule has 0 bridgehead atoms. The molecule has 13 heavy (non-hydrogen) atoms. The predicted octanol–water partition coefficient (Wildman–Crippen LogP) is -0.823. The van der Waals surface area contributed by atoms with Crippen LogP contribution in [0.2, 0.25) is 0 Å². The van der Waals surface area contributed by atoms with Gasteiger partial charge in [0.2, 0.25) is 11.2 Å². The van der Waals surface area contributed by atoms with Crippen molar-refractivity contribution >= 4 is 11.8 Å². The quantitative estimate of drug-likeness (QED) is 0.603. The molecule has 0 radical (unpaired) electrons. The van der Waals surface area contributed by atoms with Crippen LogP contribution in [0.15, 0.2) is 4.52 Å². The maximum atomic E-state index is 10.8. The molecular formula is C7H13N4O2+. The minimum absolute atomic E-state index is 0.172. The number of amides is 1. The summed E-state index contributed by atoms with van der Waals surface area (Å²) in [4.78, 5) is 10.8. The van der Waals surface area contributed by atoms with Crippen LogP contribution in [-0.2, 0) is 18.4 Å². The molecule has 0 aliphatic carbocycles. The Balaban J connectivity index is 2.86. The van der Waals surface area contributed by atoms with Gasteiger partial charge in [-0.3, -0.25) is 14.6 Å². The smallest absolute Gasteiger partial charge is 0.306 e. The Bertz CT molecular complexity index is 307. The second kappa shape index (κ2) is 3.99. The summed E-state index contributed by atoms with van der Waals surface area (Å²) in [5.74, 6) is 0.221. The number of aromatic nitrogens is 2. The van der Waals surface area contributed by atoms with Gasteiger partial charge in [-0.15, -0.1) is 0 Å². The molecule has 72 valence electrons. The molecule has 6 heteroatoms. The summed E-state index contributed by atoms with van der Waals surface area (Å²) in [6.07, 6.45) is 0. The van der Waals surface area contributed by atoms with E-state index in [9.17, 15) is 4.79 Å². The molecule has 1 aromatic rings. The van der Waals surface area contributed by atoms with Crippen LogP contribution in [-0.4, -0.2) is 18.2 Å². The Hall–Kier alpha value is -1.43. The zero-order valence-corrected chi connectivity index (χ0v) is 7.92. The minimum atomic E-state index is -0.172. The fourth-order valence-electron chi connectivity index (χ4n) is 0.968. The van der Waals surface area contributed by atoms with Crippen molar-refractivity contribution in [3.8, 4) is 0 Å². The number of nitrogens with one attached hydrogen (secondary N) is 2. The largest absolute Gasteiger partial charge is 0.310 e. The van der Waals surface area contributed by atoms with Gasteiger partial charge in [0.05, 0.1) is 6.54 Å². The van der Waals surface area contributed by atoms with E-state index in [-0.39, 0.29) is 5.91 Å². The van der Waals surface area contributed by atoms with Gasteiger partial charge in [-0.05, 0) is 11.7 Å². The first-order valence-corrected chi connectivity index (χ1v) is 3.92. The maximum absolute atomic E-state index is 10.8. The molecular weight excluding hydrogens is 172 g/mol. The molecule has 0 aromatic carbocycles. The molecule has 0 saturated heterocycles. The van der Waals surface area contributed by atoms with Crippen molar-refractivity contribution in [1.82, 2.24) is 10.6 Å². The molecule has 0 unspecified atom stereocenters. The van der Waals surface area contributed by atoms with Crippen molar-refractivity contribution in [3.63, 3.8) is 0 Å². The Kier molecular flexibility index (Phi) is 2.97. The molecule has 1 rings (SSSR count). The number of nitrogens with zero attached hydrogens (tertiary/aromatic N) is 2. The van der Waals surface area contributed by atoms with E-state index in [4.69, 9.17) is 4.52 Å². The van der Waals surface area contributed by atoms with Crippen molar-refractivity contribution < 1.29 is 14.0 Å². The Morgan fingerprint density at radius 1 is 1.69 bits per heavy atom. The first-order chi connectivity index (χ1) is 6.15. The fraction of sp³-hybridized carbons (Fsp3) is 0.571. The number of hydrogen-bond donors (Lipinski definition) is 2. The van der Waals surface area contributed by atoms with Crippen molar-refractivity contribution in [2.45, 2.75) is 13.5 Å². The first kappa shape index (κ1) is 9.66. The lowest BCUT2D eigenvalue weighted by atomic mass is 10.4. The highest BCUT2D eigenvalue weighted by atomic mass is 16.5. The second-order valence-corrected chi connectivity index (χ2v) is 2.68. The van der Waals surface area contributed by atoms with Crippen molar-refractivity contribution in [2.75, 3.05) is 12.4 Å². The van der Waals surface area contributed by atoms with Crippen LogP contribution >= 0.6 is 0 Å². The summed E-state index contributed by atoms with van der Waals surface area (Å²) < 4.78 is 6.47. The van der Waals surface area contributed by atoms with E-state index in [1.165, 1.54) is 6.92 Å². The van der Waals surface area contributed by atoms with Crippen LogP contribution in [0.3, 0.4) is 0 Å². The highest BCUT2D eigenvalue weighted by Crippen LogP contribution is 2.08. The molecule has 0 saturated carbocycles. The molecule has 1 aromatic heterocycles. The fourth-order valence-corrected chi connectivity index (χ4v) is 0.968. The van der Waals surface area contributed by atoms with Crippen molar-refractivity contribution in [1.29, 1.82) is 0 Å². The number of carbonyl (C=O) groups excluding carboxylic acids is 1. The second-order valence-electron chi connectivity index (χ2n) is 2.68. The van der Waals surface area contributed by atoms with Gasteiger partial charge in [-0.2, -0.15) is 0 Å². The summed E-state index contributed by atoms with van der Waals surface area (Å²) in [6.45, 7) is 2.02. The summed E-state index contributed by atoms with van der Waals surface area (Å²) >= 11 is 0. The maximum Gasteiger partial charge on any atom is 0.306 e. The molecule has 1 amide bonds. The van der Waals surface area contributed by atoms with Gasteiger partial charge in [0, 0.05) is 6.92 Å². The van der Waals surface area contributed by atoms with E-state index >= 15 is 0 Å². The van der Waals surface area contributed by atoms with Crippen LogP contribution in [0.4, 0.5) is 5.88 Å². The Morgan fingerprint density at radius 2 is 2.38 bits per heavy atom. The van der Waals surface area contributed by atoms with Crippen molar-refractivity contribution in [3.05, 3.63) is 5.69 Å². The lowest BCUT2D eigenvalue weighted by Gasteiger charge is -1.94. The van der Waals surface area contributed by atoms with Crippen LogP contribution in [0.1, 0.15) is 12.6 Å². The monoisotopic (exact) mass is 185 g/mol. The van der Waals surface area contributed by atoms with Crippen LogP contribution in [0.5, 0.6) is 0 Å². The average Bonchev–Trinajstić information content (AvgIpc) is 2.35. The number of carbonyl (C=O) groups is 1. The summed E-state index contributed by atoms with van der Waals surface area (Å²) in [6, 6.07) is 0. The third kappa shape index (κ3) is 2.25. The molecule has 0 fully saturated rings. The van der Waals surface area contributed by atoms with Gasteiger partial charge in [0.1, 0.15) is 0 Å².